The summed E-state index contributed by atoms with van der Waals surface area (Å²) in [6.07, 6.45) is 2.73. The maximum absolute atomic E-state index is 13.5. The largest absolute Gasteiger partial charge is 0.490 e. The number of likely N-dealkylation sites (N-methyl/N-ethyl adjacent to an activating group) is 2. The first-order valence-electron chi connectivity index (χ1n) is 13.4. The number of carbonyl (C=O) groups excluding carboxylic acids is 3. The molecular weight excluding hydrogens is 476 g/mol. The van der Waals surface area contributed by atoms with Crippen molar-refractivity contribution in [3.05, 3.63) is 23.8 Å². The molecule has 0 radical (unpaired) electrons. The van der Waals surface area contributed by atoms with Crippen LogP contribution in [0.1, 0.15) is 42.5 Å². The van der Waals surface area contributed by atoms with E-state index in [0.29, 0.717) is 62.5 Å². The highest BCUT2D eigenvalue weighted by molar-refractivity contribution is 6.00. The molecule has 0 unspecified atom stereocenters. The summed E-state index contributed by atoms with van der Waals surface area (Å²) in [4.78, 5) is 44.9. The highest BCUT2D eigenvalue weighted by Gasteiger charge is 2.39. The maximum atomic E-state index is 13.5. The molecule has 0 aromatic heterocycles. The van der Waals surface area contributed by atoms with Crippen molar-refractivity contribution in [2.45, 2.75) is 50.4 Å². The van der Waals surface area contributed by atoms with Crippen LogP contribution in [-0.4, -0.2) is 111 Å². The molecule has 3 fully saturated rings. The lowest BCUT2D eigenvalue weighted by molar-refractivity contribution is -0.144. The van der Waals surface area contributed by atoms with Gasteiger partial charge in [-0.25, -0.2) is 0 Å². The molecule has 1 aromatic rings. The van der Waals surface area contributed by atoms with E-state index in [9.17, 15) is 14.4 Å². The van der Waals surface area contributed by atoms with Gasteiger partial charge in [0.2, 0.25) is 11.8 Å². The van der Waals surface area contributed by atoms with Crippen LogP contribution in [0, 0.1) is 5.92 Å². The van der Waals surface area contributed by atoms with Gasteiger partial charge in [-0.3, -0.25) is 14.4 Å². The number of ether oxygens (including phenoxy) is 3. The van der Waals surface area contributed by atoms with Gasteiger partial charge in [-0.15, -0.1) is 0 Å². The fourth-order valence-electron chi connectivity index (χ4n) is 5.69. The third kappa shape index (κ3) is 5.91. The lowest BCUT2D eigenvalue weighted by atomic mass is 9.94. The lowest BCUT2D eigenvalue weighted by Gasteiger charge is -2.42. The molecule has 1 aromatic carbocycles. The van der Waals surface area contributed by atoms with Crippen LogP contribution in [-0.2, 0) is 19.1 Å². The number of piperazine rings is 1. The predicted molar refractivity (Wildman–Crippen MR) is 137 cm³/mol. The molecule has 0 saturated carbocycles. The van der Waals surface area contributed by atoms with Gasteiger partial charge in [0.05, 0.1) is 24.1 Å². The monoisotopic (exact) mass is 514 g/mol. The summed E-state index contributed by atoms with van der Waals surface area (Å²) in [6, 6.07) is 5.06. The number of anilines is 1. The quantitative estimate of drug-likeness (QED) is 0.651. The number of rotatable bonds is 4. The fraction of sp³-hybridized carbons (Fsp3) is 0.667. The van der Waals surface area contributed by atoms with Crippen LogP contribution in [0.25, 0.3) is 0 Å². The number of nitrogens with zero attached hydrogens (tertiary/aromatic N) is 3. The maximum Gasteiger partial charge on any atom is 0.257 e. The summed E-state index contributed by atoms with van der Waals surface area (Å²) in [5.74, 6) is 0.310. The van der Waals surface area contributed by atoms with Crippen molar-refractivity contribution in [3.63, 3.8) is 0 Å². The SMILES string of the molecule is CN1CCN(C(=O)C[C@H]2CC[C@H]3[C@H](COc4ccc(NC(=O)C5CCOCC5)cc4C(=O)N3C)O2)CC1. The number of benzene rings is 1. The molecule has 3 atom stereocenters. The lowest BCUT2D eigenvalue weighted by Crippen LogP contribution is -2.54. The van der Waals surface area contributed by atoms with E-state index in [1.54, 1.807) is 30.1 Å². The third-order valence-corrected chi connectivity index (χ3v) is 8.13. The standard InChI is InChI=1S/C27H38N4O6/c1-29-9-11-31(12-10-29)25(32)16-20-4-5-22-24(37-20)17-36-23-6-3-19(15-21(23)27(34)30(22)2)28-26(33)18-7-13-35-14-8-18/h3,6,15,18,20,22,24H,4-5,7-14,16-17H2,1-2H3,(H,28,33)/t20-,22+,24+/m1/s1. The van der Waals surface area contributed by atoms with Crippen LogP contribution in [0.5, 0.6) is 5.75 Å². The predicted octanol–water partition coefficient (Wildman–Crippen LogP) is 1.60. The Morgan fingerprint density at radius 2 is 1.78 bits per heavy atom. The van der Waals surface area contributed by atoms with E-state index in [-0.39, 0.29) is 41.9 Å². The topological polar surface area (TPSA) is 101 Å². The normalized spacial score (nSPS) is 27.4. The van der Waals surface area contributed by atoms with Gasteiger partial charge in [-0.2, -0.15) is 0 Å². The zero-order chi connectivity index (χ0) is 25.9. The molecule has 10 nitrogen and oxygen atoms in total. The summed E-state index contributed by atoms with van der Waals surface area (Å²) in [5, 5.41) is 2.96. The Bertz CT molecular complexity index is 1000. The molecule has 4 heterocycles. The molecule has 0 bridgehead atoms. The van der Waals surface area contributed by atoms with Gasteiger partial charge in [0.15, 0.2) is 0 Å². The van der Waals surface area contributed by atoms with Crippen molar-refractivity contribution in [1.82, 2.24) is 14.7 Å². The van der Waals surface area contributed by atoms with Crippen molar-refractivity contribution in [3.8, 4) is 5.75 Å². The van der Waals surface area contributed by atoms with Crippen LogP contribution in [0.3, 0.4) is 0 Å². The van der Waals surface area contributed by atoms with Crippen molar-refractivity contribution >= 4 is 23.4 Å². The Balaban J connectivity index is 1.23. The first-order chi connectivity index (χ1) is 17.9. The number of fused-ring (bicyclic) bond motifs is 2. The molecule has 10 heteroatoms. The highest BCUT2D eigenvalue weighted by Crippen LogP contribution is 2.33. The Morgan fingerprint density at radius 3 is 2.54 bits per heavy atom. The van der Waals surface area contributed by atoms with Gasteiger partial charge in [0.1, 0.15) is 18.5 Å². The summed E-state index contributed by atoms with van der Waals surface area (Å²) >= 11 is 0. The minimum absolute atomic E-state index is 0.0475. The molecular formula is C27H38N4O6. The van der Waals surface area contributed by atoms with E-state index < -0.39 is 0 Å². The fourth-order valence-corrected chi connectivity index (χ4v) is 5.69. The van der Waals surface area contributed by atoms with Crippen LogP contribution in [0.2, 0.25) is 0 Å². The smallest absolute Gasteiger partial charge is 0.257 e. The number of nitrogens with one attached hydrogen (secondary N) is 1. The van der Waals surface area contributed by atoms with Gasteiger partial charge in [-0.1, -0.05) is 0 Å². The first kappa shape index (κ1) is 25.9. The third-order valence-electron chi connectivity index (χ3n) is 8.13. The minimum Gasteiger partial charge on any atom is -0.490 e. The van der Waals surface area contributed by atoms with E-state index in [1.165, 1.54) is 0 Å². The van der Waals surface area contributed by atoms with Gasteiger partial charge in [-0.05, 0) is 50.9 Å². The van der Waals surface area contributed by atoms with E-state index in [2.05, 4.69) is 17.3 Å². The highest BCUT2D eigenvalue weighted by atomic mass is 16.5. The second-order valence-corrected chi connectivity index (χ2v) is 10.6. The summed E-state index contributed by atoms with van der Waals surface area (Å²) in [6.45, 7) is 4.77. The average molecular weight is 515 g/mol. The van der Waals surface area contributed by atoms with Crippen molar-refractivity contribution in [2.24, 2.45) is 5.92 Å². The van der Waals surface area contributed by atoms with Crippen LogP contribution in [0.15, 0.2) is 18.2 Å². The van der Waals surface area contributed by atoms with Crippen LogP contribution in [0.4, 0.5) is 5.69 Å². The molecule has 1 N–H and O–H groups in total. The number of carbonyl (C=O) groups is 3. The molecule has 4 aliphatic heterocycles. The zero-order valence-corrected chi connectivity index (χ0v) is 21.8. The van der Waals surface area contributed by atoms with Gasteiger partial charge < -0.3 is 34.2 Å². The Kier molecular flexibility index (Phi) is 7.97. The summed E-state index contributed by atoms with van der Waals surface area (Å²) in [5.41, 5.74) is 1.01. The molecule has 0 spiro atoms. The second-order valence-electron chi connectivity index (χ2n) is 10.6. The first-order valence-corrected chi connectivity index (χ1v) is 13.4. The number of amides is 3. The molecule has 202 valence electrons. The van der Waals surface area contributed by atoms with E-state index >= 15 is 0 Å². The van der Waals surface area contributed by atoms with Gasteiger partial charge >= 0.3 is 0 Å². The zero-order valence-electron chi connectivity index (χ0n) is 21.8. The van der Waals surface area contributed by atoms with Crippen molar-refractivity contribution < 1.29 is 28.6 Å². The van der Waals surface area contributed by atoms with Gasteiger partial charge in [0, 0.05) is 58.0 Å². The van der Waals surface area contributed by atoms with Crippen LogP contribution < -0.4 is 10.1 Å². The van der Waals surface area contributed by atoms with E-state index in [1.807, 2.05) is 4.90 Å². The summed E-state index contributed by atoms with van der Waals surface area (Å²) in [7, 11) is 3.86. The molecule has 3 saturated heterocycles. The Morgan fingerprint density at radius 1 is 1.03 bits per heavy atom. The number of hydrogen-bond acceptors (Lipinski definition) is 7. The summed E-state index contributed by atoms with van der Waals surface area (Å²) < 4.78 is 17.8. The Labute approximate surface area is 218 Å². The van der Waals surface area contributed by atoms with Gasteiger partial charge in [0.25, 0.3) is 5.91 Å². The molecule has 4 aliphatic rings. The Hall–Kier alpha value is -2.69. The van der Waals surface area contributed by atoms with E-state index in [0.717, 1.165) is 32.6 Å². The second kappa shape index (κ2) is 11.4. The van der Waals surface area contributed by atoms with Crippen molar-refractivity contribution in [2.75, 3.05) is 65.4 Å². The van der Waals surface area contributed by atoms with Crippen LogP contribution >= 0.6 is 0 Å². The minimum atomic E-state index is -0.311. The van der Waals surface area contributed by atoms with Crippen molar-refractivity contribution in [1.29, 1.82) is 0 Å². The number of hydrogen-bond donors (Lipinski definition) is 1. The average Bonchev–Trinajstić information content (AvgIpc) is 2.92. The molecule has 3 amide bonds. The molecule has 5 rings (SSSR count). The molecule has 0 aliphatic carbocycles. The van der Waals surface area contributed by atoms with E-state index in [4.69, 9.17) is 14.2 Å². The molecule has 37 heavy (non-hydrogen) atoms.